The van der Waals surface area contributed by atoms with Gasteiger partial charge in [0.15, 0.2) is 0 Å². The average Bonchev–Trinajstić information content (AvgIpc) is 2.98. The smallest absolute Gasteiger partial charge is 0.247 e. The molecule has 2 N–H and O–H groups in total. The lowest BCUT2D eigenvalue weighted by atomic mass is 10.1. The first-order chi connectivity index (χ1) is 10.3. The van der Waals surface area contributed by atoms with Crippen LogP contribution in [0.5, 0.6) is 0 Å². The molecular formula is C15H22N4O2. The first kappa shape index (κ1) is 14.3. The summed E-state index contributed by atoms with van der Waals surface area (Å²) in [5, 5.41) is 3.14. The molecule has 0 radical (unpaired) electrons. The molecule has 6 nitrogen and oxygen atoms in total. The van der Waals surface area contributed by atoms with E-state index in [9.17, 15) is 9.59 Å². The van der Waals surface area contributed by atoms with Crippen molar-refractivity contribution in [2.24, 2.45) is 0 Å². The number of nitrogens with one attached hydrogen (secondary N) is 2. The van der Waals surface area contributed by atoms with Crippen molar-refractivity contribution < 1.29 is 9.59 Å². The van der Waals surface area contributed by atoms with Gasteiger partial charge in [-0.1, -0.05) is 25.7 Å². The van der Waals surface area contributed by atoms with Gasteiger partial charge >= 0.3 is 0 Å². The number of hydrogen-bond acceptors (Lipinski definition) is 4. The summed E-state index contributed by atoms with van der Waals surface area (Å²) in [7, 11) is 0. The average molecular weight is 290 g/mol. The Labute approximate surface area is 124 Å². The van der Waals surface area contributed by atoms with Gasteiger partial charge in [-0.15, -0.1) is 0 Å². The van der Waals surface area contributed by atoms with E-state index in [0.717, 1.165) is 31.5 Å². The van der Waals surface area contributed by atoms with Gasteiger partial charge in [-0.2, -0.15) is 0 Å². The van der Waals surface area contributed by atoms with Crippen LogP contribution in [0.4, 0.5) is 0 Å². The lowest BCUT2D eigenvalue weighted by Crippen LogP contribution is -2.43. The molecule has 1 saturated heterocycles. The van der Waals surface area contributed by atoms with E-state index in [-0.39, 0.29) is 24.3 Å². The van der Waals surface area contributed by atoms with E-state index in [1.54, 1.807) is 12.4 Å². The first-order valence-corrected chi connectivity index (χ1v) is 7.83. The predicted molar refractivity (Wildman–Crippen MR) is 77.2 cm³/mol. The molecule has 0 aromatic carbocycles. The fourth-order valence-corrected chi connectivity index (χ4v) is 3.32. The Morgan fingerprint density at radius 3 is 2.67 bits per heavy atom. The lowest BCUT2D eigenvalue weighted by molar-refractivity contribution is -0.141. The number of imidazole rings is 1. The van der Waals surface area contributed by atoms with E-state index in [4.69, 9.17) is 0 Å². The maximum absolute atomic E-state index is 12.5. The molecule has 1 aromatic rings. The van der Waals surface area contributed by atoms with Gasteiger partial charge in [-0.3, -0.25) is 19.8 Å². The van der Waals surface area contributed by atoms with Gasteiger partial charge in [0.25, 0.3) is 0 Å². The second kappa shape index (κ2) is 6.39. The number of carbonyl (C=O) groups is 2. The molecule has 1 atom stereocenters. The van der Waals surface area contributed by atoms with Crippen LogP contribution in [-0.2, 0) is 16.1 Å². The number of amides is 2. The van der Waals surface area contributed by atoms with Crippen LogP contribution < -0.4 is 5.32 Å². The Morgan fingerprint density at radius 1 is 1.24 bits per heavy atom. The Balaban J connectivity index is 1.61. The number of H-pyrrole nitrogens is 1. The summed E-state index contributed by atoms with van der Waals surface area (Å²) >= 11 is 0. The highest BCUT2D eigenvalue weighted by molar-refractivity contribution is 6.05. The van der Waals surface area contributed by atoms with Gasteiger partial charge in [0.05, 0.1) is 19.0 Å². The number of carbonyl (C=O) groups excluding carboxylic acids is 2. The van der Waals surface area contributed by atoms with Gasteiger partial charge in [0, 0.05) is 18.4 Å². The summed E-state index contributed by atoms with van der Waals surface area (Å²) < 4.78 is 0. The number of hydrogen-bond donors (Lipinski definition) is 2. The molecule has 2 aliphatic rings. The largest absolute Gasteiger partial charge is 0.348 e. The van der Waals surface area contributed by atoms with Gasteiger partial charge in [-0.05, 0) is 12.8 Å². The molecule has 2 amide bonds. The topological polar surface area (TPSA) is 78.1 Å². The Kier molecular flexibility index (Phi) is 4.34. The van der Waals surface area contributed by atoms with Crippen LogP contribution in [0, 0.1) is 0 Å². The standard InChI is InChI=1S/C15H22N4O2/c20-14-9-12(18-10-13-16-7-8-17-13)15(21)19(14)11-5-3-1-2-4-6-11/h7-8,11-12,18H,1-6,9-10H2,(H,16,17). The van der Waals surface area contributed by atoms with Crippen LogP contribution in [0.1, 0.15) is 50.8 Å². The number of rotatable bonds is 4. The fraction of sp³-hybridized carbons (Fsp3) is 0.667. The molecule has 6 heteroatoms. The van der Waals surface area contributed by atoms with E-state index in [1.807, 2.05) is 0 Å². The Bertz CT molecular complexity index is 492. The van der Waals surface area contributed by atoms with Crippen LogP contribution in [-0.4, -0.2) is 38.8 Å². The molecule has 0 spiro atoms. The molecule has 1 aromatic heterocycles. The van der Waals surface area contributed by atoms with E-state index >= 15 is 0 Å². The number of nitrogens with zero attached hydrogens (tertiary/aromatic N) is 2. The normalized spacial score (nSPS) is 24.6. The van der Waals surface area contributed by atoms with Gasteiger partial charge < -0.3 is 4.98 Å². The highest BCUT2D eigenvalue weighted by Gasteiger charge is 2.41. The highest BCUT2D eigenvalue weighted by Crippen LogP contribution is 2.26. The zero-order chi connectivity index (χ0) is 14.7. The summed E-state index contributed by atoms with van der Waals surface area (Å²) in [6, 6.07) is -0.284. The number of likely N-dealkylation sites (tertiary alicyclic amines) is 1. The summed E-state index contributed by atoms with van der Waals surface area (Å²) in [6.45, 7) is 0.481. The van der Waals surface area contributed by atoms with Crippen molar-refractivity contribution in [3.05, 3.63) is 18.2 Å². The minimum atomic E-state index is -0.397. The van der Waals surface area contributed by atoms with Gasteiger partial charge in [-0.25, -0.2) is 4.98 Å². The Hall–Kier alpha value is -1.69. The summed E-state index contributed by atoms with van der Waals surface area (Å²) in [5.41, 5.74) is 0. The zero-order valence-electron chi connectivity index (χ0n) is 12.2. The molecule has 2 heterocycles. The maximum atomic E-state index is 12.5. The quantitative estimate of drug-likeness (QED) is 0.648. The fourth-order valence-electron chi connectivity index (χ4n) is 3.32. The minimum absolute atomic E-state index is 0.0242. The number of imide groups is 1. The molecule has 21 heavy (non-hydrogen) atoms. The van der Waals surface area contributed by atoms with Crippen LogP contribution in [0.3, 0.4) is 0 Å². The molecule has 2 fully saturated rings. The second-order valence-electron chi connectivity index (χ2n) is 5.92. The SMILES string of the molecule is O=C1CC(NCc2ncc[nH]2)C(=O)N1C1CCCCCC1. The van der Waals surface area contributed by atoms with Crippen molar-refractivity contribution in [3.8, 4) is 0 Å². The molecular weight excluding hydrogens is 268 g/mol. The predicted octanol–water partition coefficient (Wildman–Crippen LogP) is 1.35. The van der Waals surface area contributed by atoms with Crippen LogP contribution in [0.2, 0.25) is 0 Å². The molecule has 1 aliphatic carbocycles. The van der Waals surface area contributed by atoms with E-state index in [1.165, 1.54) is 17.7 Å². The van der Waals surface area contributed by atoms with E-state index in [2.05, 4.69) is 15.3 Å². The Morgan fingerprint density at radius 2 is 2.00 bits per heavy atom. The van der Waals surface area contributed by atoms with Crippen molar-refractivity contribution in [2.45, 2.75) is 63.6 Å². The van der Waals surface area contributed by atoms with E-state index in [0.29, 0.717) is 6.54 Å². The second-order valence-corrected chi connectivity index (χ2v) is 5.92. The third-order valence-corrected chi connectivity index (χ3v) is 4.44. The minimum Gasteiger partial charge on any atom is -0.348 e. The monoisotopic (exact) mass is 290 g/mol. The number of aromatic amines is 1. The maximum Gasteiger partial charge on any atom is 0.247 e. The van der Waals surface area contributed by atoms with Crippen LogP contribution in [0.15, 0.2) is 12.4 Å². The molecule has 1 aliphatic heterocycles. The molecule has 3 rings (SSSR count). The number of aromatic nitrogens is 2. The third kappa shape index (κ3) is 3.15. The molecule has 1 saturated carbocycles. The van der Waals surface area contributed by atoms with Crippen LogP contribution in [0.25, 0.3) is 0 Å². The van der Waals surface area contributed by atoms with Crippen molar-refractivity contribution in [3.63, 3.8) is 0 Å². The van der Waals surface area contributed by atoms with Crippen molar-refractivity contribution in [1.29, 1.82) is 0 Å². The molecule has 1 unspecified atom stereocenters. The van der Waals surface area contributed by atoms with Crippen LogP contribution >= 0.6 is 0 Å². The van der Waals surface area contributed by atoms with Crippen molar-refractivity contribution in [2.75, 3.05) is 0 Å². The first-order valence-electron chi connectivity index (χ1n) is 7.83. The molecule has 114 valence electrons. The van der Waals surface area contributed by atoms with Gasteiger partial charge in [0.1, 0.15) is 5.82 Å². The van der Waals surface area contributed by atoms with Crippen molar-refractivity contribution in [1.82, 2.24) is 20.2 Å². The van der Waals surface area contributed by atoms with Crippen molar-refractivity contribution >= 4 is 11.8 Å². The highest BCUT2D eigenvalue weighted by atomic mass is 16.2. The zero-order valence-corrected chi connectivity index (χ0v) is 12.2. The third-order valence-electron chi connectivity index (χ3n) is 4.44. The summed E-state index contributed by atoms with van der Waals surface area (Å²) in [6.07, 6.45) is 10.3. The lowest BCUT2D eigenvalue weighted by Gasteiger charge is -2.25. The summed E-state index contributed by atoms with van der Waals surface area (Å²) in [4.78, 5) is 33.3. The molecule has 0 bridgehead atoms. The van der Waals surface area contributed by atoms with Gasteiger partial charge in [0.2, 0.25) is 11.8 Å². The summed E-state index contributed by atoms with van der Waals surface area (Å²) in [5.74, 6) is 0.700. The van der Waals surface area contributed by atoms with E-state index < -0.39 is 6.04 Å².